The van der Waals surface area contributed by atoms with Gasteiger partial charge in [-0.3, -0.25) is 0 Å². The van der Waals surface area contributed by atoms with Crippen molar-refractivity contribution in [2.24, 2.45) is 0 Å². The second-order valence-corrected chi connectivity index (χ2v) is 21.0. The van der Waals surface area contributed by atoms with Crippen LogP contribution >= 0.6 is 0 Å². The molecular formula is C32H44Cl2SiZr-2. The van der Waals surface area contributed by atoms with E-state index in [1.807, 2.05) is 0 Å². The van der Waals surface area contributed by atoms with Crippen LogP contribution in [0.15, 0.2) is 48.5 Å². The first-order chi connectivity index (χ1) is 15.8. The summed E-state index contributed by atoms with van der Waals surface area (Å²) in [5, 5.41) is 0. The van der Waals surface area contributed by atoms with Crippen LogP contribution in [0.3, 0.4) is 0 Å². The van der Waals surface area contributed by atoms with Crippen LogP contribution in [0.1, 0.15) is 88.8 Å². The van der Waals surface area contributed by atoms with Gasteiger partial charge in [0.1, 0.15) is 0 Å². The van der Waals surface area contributed by atoms with Crippen molar-refractivity contribution in [3.63, 3.8) is 0 Å². The molecule has 0 nitrogen and oxygen atoms in total. The van der Waals surface area contributed by atoms with E-state index in [2.05, 4.69) is 123 Å². The van der Waals surface area contributed by atoms with Gasteiger partial charge < -0.3 is 24.8 Å². The number of aryl methyl sites for hydroxylation is 2. The van der Waals surface area contributed by atoms with Crippen LogP contribution in [-0.4, -0.2) is 5.43 Å². The molecule has 36 heavy (non-hydrogen) atoms. The van der Waals surface area contributed by atoms with Crippen molar-refractivity contribution in [2.45, 2.75) is 98.6 Å². The minimum Gasteiger partial charge on any atom is -1.00 e. The van der Waals surface area contributed by atoms with E-state index in [-0.39, 0.29) is 41.1 Å². The molecule has 1 aliphatic carbocycles. The fourth-order valence-electron chi connectivity index (χ4n) is 4.21. The van der Waals surface area contributed by atoms with E-state index in [0.717, 1.165) is 6.42 Å². The Morgan fingerprint density at radius 3 is 1.94 bits per heavy atom. The fraction of sp³-hybridized carbons (Fsp3) is 0.469. The SMILES string of the molecule is CC(C)(C)c1[c-]c2c(cc1)-c1ccc(C(C)(C)C)cc1C2.CCc1ccc[c-]1CC.C[Si](C)=[Zr+2].[Cl-].[Cl-]. The zero-order valence-corrected chi connectivity index (χ0v) is 29.0. The maximum absolute atomic E-state index is 3.67. The summed E-state index contributed by atoms with van der Waals surface area (Å²) in [5.41, 5.74) is 11.9. The second-order valence-electron chi connectivity index (χ2n) is 11.6. The molecule has 4 heteroatoms. The molecule has 3 aromatic rings. The van der Waals surface area contributed by atoms with Gasteiger partial charge in [0, 0.05) is 0 Å². The van der Waals surface area contributed by atoms with Gasteiger partial charge in [0.25, 0.3) is 0 Å². The van der Waals surface area contributed by atoms with Gasteiger partial charge in [0.05, 0.1) is 0 Å². The third kappa shape index (κ3) is 9.98. The number of fused-ring (bicyclic) bond motifs is 3. The molecule has 4 rings (SSSR count). The van der Waals surface area contributed by atoms with E-state index in [9.17, 15) is 0 Å². The van der Waals surface area contributed by atoms with Crippen molar-refractivity contribution in [3.8, 4) is 11.1 Å². The molecule has 3 aromatic carbocycles. The molecule has 0 fully saturated rings. The number of halogens is 2. The number of hydrogen-bond acceptors (Lipinski definition) is 0. The summed E-state index contributed by atoms with van der Waals surface area (Å²) in [7, 11) is 0. The Balaban J connectivity index is 0.000000686. The van der Waals surface area contributed by atoms with E-state index >= 15 is 0 Å². The van der Waals surface area contributed by atoms with Crippen molar-refractivity contribution in [3.05, 3.63) is 88.0 Å². The largest absolute Gasteiger partial charge is 1.00 e. The Bertz CT molecular complexity index is 1030. The smallest absolute Gasteiger partial charge is 1.00 e. The van der Waals surface area contributed by atoms with Gasteiger partial charge in [-0.2, -0.15) is 41.0 Å². The summed E-state index contributed by atoms with van der Waals surface area (Å²) in [6, 6.07) is 21.7. The first kappa shape index (κ1) is 35.5. The first-order valence-corrected chi connectivity index (χ1v) is 18.9. The Morgan fingerprint density at radius 1 is 0.889 bits per heavy atom. The van der Waals surface area contributed by atoms with Crippen LogP contribution in [0.2, 0.25) is 13.1 Å². The third-order valence-corrected chi connectivity index (χ3v) is 6.23. The monoisotopic (exact) mass is 616 g/mol. The van der Waals surface area contributed by atoms with Gasteiger partial charge in [0.2, 0.25) is 0 Å². The molecule has 0 bridgehead atoms. The average Bonchev–Trinajstić information content (AvgIpc) is 3.35. The molecule has 0 amide bonds. The molecule has 0 saturated carbocycles. The van der Waals surface area contributed by atoms with Gasteiger partial charge in [-0.15, -0.1) is 11.1 Å². The number of rotatable bonds is 2. The van der Waals surface area contributed by atoms with Crippen molar-refractivity contribution in [2.75, 3.05) is 0 Å². The molecular weight excluding hydrogens is 575 g/mol. The normalized spacial score (nSPS) is 11.4. The Labute approximate surface area is 249 Å². The Hall–Kier alpha value is -0.530. The summed E-state index contributed by atoms with van der Waals surface area (Å²) in [5.74, 6) is 0. The molecule has 0 aliphatic heterocycles. The molecule has 0 saturated heterocycles. The quantitative estimate of drug-likeness (QED) is 0.240. The summed E-state index contributed by atoms with van der Waals surface area (Å²) < 4.78 is 0. The van der Waals surface area contributed by atoms with Crippen LogP contribution in [0, 0.1) is 6.07 Å². The summed E-state index contributed by atoms with van der Waals surface area (Å²) in [6.45, 7) is 22.6. The van der Waals surface area contributed by atoms with Gasteiger partial charge in [0.15, 0.2) is 0 Å². The van der Waals surface area contributed by atoms with E-state index < -0.39 is 0 Å². The van der Waals surface area contributed by atoms with Gasteiger partial charge >= 0.3 is 41.9 Å². The zero-order chi connectivity index (χ0) is 25.7. The fourth-order valence-corrected chi connectivity index (χ4v) is 4.21. The van der Waals surface area contributed by atoms with Gasteiger partial charge in [-0.25, -0.2) is 12.1 Å². The number of hydrogen-bond donors (Lipinski definition) is 0. The predicted octanol–water partition coefficient (Wildman–Crippen LogP) is 2.98. The summed E-state index contributed by atoms with van der Waals surface area (Å²) >= 11 is 1.74. The van der Waals surface area contributed by atoms with Gasteiger partial charge in [-0.05, 0) is 28.4 Å². The Morgan fingerprint density at radius 2 is 1.47 bits per heavy atom. The second kappa shape index (κ2) is 15.2. The predicted molar refractivity (Wildman–Crippen MR) is 149 cm³/mol. The average molecular weight is 619 g/mol. The molecule has 0 heterocycles. The molecule has 0 N–H and O–H groups in total. The van der Waals surface area contributed by atoms with E-state index in [1.54, 1.807) is 23.3 Å². The van der Waals surface area contributed by atoms with Crippen molar-refractivity contribution < 1.29 is 48.1 Å². The van der Waals surface area contributed by atoms with Crippen LogP contribution < -0.4 is 24.8 Å². The third-order valence-electron chi connectivity index (χ3n) is 6.23. The van der Waals surface area contributed by atoms with Crippen LogP contribution in [0.25, 0.3) is 11.1 Å². The summed E-state index contributed by atoms with van der Waals surface area (Å²) in [6.07, 6.45) is 3.38. The van der Waals surface area contributed by atoms with Crippen LogP contribution in [0.4, 0.5) is 0 Å². The van der Waals surface area contributed by atoms with Crippen molar-refractivity contribution in [1.82, 2.24) is 0 Å². The van der Waals surface area contributed by atoms with Crippen LogP contribution in [0.5, 0.6) is 0 Å². The summed E-state index contributed by atoms with van der Waals surface area (Å²) in [4.78, 5) is 0. The van der Waals surface area contributed by atoms with Crippen molar-refractivity contribution in [1.29, 1.82) is 0 Å². The molecule has 0 aromatic heterocycles. The standard InChI is InChI=1S/C21H25.C9H13.C2H6Si.2ClH.Zr/c1-20(2,3)16-7-9-18-14(12-16)11-15-13-17(21(4,5)6)8-10-19(15)18;1-3-8-6-5-7-9(8)4-2;1-3-2;;;/h7-10,12H,11H2,1-6H3;5-7H,3-4H2,1-2H3;1-2H3;2*1H;/q2*-1;;;;+2/p-2. The molecule has 0 radical (unpaired) electrons. The maximum Gasteiger partial charge on any atom is -1.00 e. The molecule has 196 valence electrons. The van der Waals surface area contributed by atoms with E-state index in [4.69, 9.17) is 0 Å². The Kier molecular flexibility index (Phi) is 14.9. The molecule has 0 atom stereocenters. The van der Waals surface area contributed by atoms with Crippen LogP contribution in [-0.2, 0) is 53.4 Å². The van der Waals surface area contributed by atoms with E-state index in [1.165, 1.54) is 57.3 Å². The zero-order valence-electron chi connectivity index (χ0n) is 24.0. The molecule has 1 aliphatic rings. The molecule has 0 unspecified atom stereocenters. The minimum absolute atomic E-state index is 0. The van der Waals surface area contributed by atoms with Crippen molar-refractivity contribution >= 4 is 5.43 Å². The minimum atomic E-state index is 0. The van der Waals surface area contributed by atoms with E-state index in [0.29, 0.717) is 0 Å². The molecule has 0 spiro atoms. The first-order valence-electron chi connectivity index (χ1n) is 12.7. The van der Waals surface area contributed by atoms with Gasteiger partial charge in [-0.1, -0.05) is 92.0 Å². The number of benzene rings is 2. The topological polar surface area (TPSA) is 0 Å². The maximum atomic E-state index is 3.67.